The summed E-state index contributed by atoms with van der Waals surface area (Å²) in [5, 5.41) is 16.8. The van der Waals surface area contributed by atoms with Gasteiger partial charge in [-0.25, -0.2) is 18.4 Å². The van der Waals surface area contributed by atoms with Gasteiger partial charge in [0.05, 0.1) is 17.0 Å². The Hall–Kier alpha value is -1.84. The van der Waals surface area contributed by atoms with E-state index in [2.05, 4.69) is 21.2 Å². The fraction of sp³-hybridized carbons (Fsp3) is 0.0833. The molecule has 0 saturated heterocycles. The molecule has 0 saturated carbocycles. The minimum Gasteiger partial charge on any atom is -0.478 e. The first-order valence-corrected chi connectivity index (χ1v) is 7.98. The Morgan fingerprint density at radius 1 is 1.38 bits per heavy atom. The number of aromatic carboxylic acids is 1. The number of carbonyl (C=O) groups is 1. The molecule has 1 heterocycles. The number of sulfonamides is 1. The van der Waals surface area contributed by atoms with Crippen molar-refractivity contribution in [3.05, 3.63) is 46.3 Å². The van der Waals surface area contributed by atoms with E-state index in [1.807, 2.05) is 0 Å². The molecule has 9 heteroatoms. The predicted octanol–water partition coefficient (Wildman–Crippen LogP) is 2.00. The Bertz CT molecular complexity index is 785. The molecule has 0 aliphatic rings. The highest BCUT2D eigenvalue weighted by Gasteiger charge is 2.11. The van der Waals surface area contributed by atoms with E-state index in [0.29, 0.717) is 15.9 Å². The Kier molecular flexibility index (Phi) is 4.35. The molecule has 112 valence electrons. The lowest BCUT2D eigenvalue weighted by Crippen LogP contribution is -2.12. The molecule has 0 aliphatic carbocycles. The smallest absolute Gasteiger partial charge is 0.338 e. The molecule has 0 spiro atoms. The Balaban J connectivity index is 2.11. The normalized spacial score (nSPS) is 11.3. The lowest BCUT2D eigenvalue weighted by Gasteiger charge is -2.08. The minimum absolute atomic E-state index is 0.00825. The fourth-order valence-corrected chi connectivity index (χ4v) is 2.79. The number of hydrogen-bond acceptors (Lipinski definition) is 5. The van der Waals surface area contributed by atoms with Crippen molar-refractivity contribution < 1.29 is 22.7 Å². The predicted molar refractivity (Wildman–Crippen MR) is 78.5 cm³/mol. The molecule has 0 atom stereocenters. The lowest BCUT2D eigenvalue weighted by molar-refractivity contribution is 0.0696. The summed E-state index contributed by atoms with van der Waals surface area (Å²) in [5.41, 5.74) is 0.686. The van der Waals surface area contributed by atoms with Gasteiger partial charge in [0.25, 0.3) is 0 Å². The molecule has 0 bridgehead atoms. The quantitative estimate of drug-likeness (QED) is 0.735. The molecule has 2 aromatic rings. The summed E-state index contributed by atoms with van der Waals surface area (Å²) in [6.07, 6.45) is 1.15. The molecule has 0 unspecified atom stereocenters. The summed E-state index contributed by atoms with van der Waals surface area (Å²) in [5.74, 6) is -0.626. The van der Waals surface area contributed by atoms with Gasteiger partial charge in [0.2, 0.25) is 10.0 Å². The van der Waals surface area contributed by atoms with Crippen molar-refractivity contribution in [2.75, 3.05) is 5.32 Å². The molecule has 1 aromatic heterocycles. The molecule has 0 radical (unpaired) electrons. The van der Waals surface area contributed by atoms with E-state index in [-0.39, 0.29) is 17.0 Å². The summed E-state index contributed by atoms with van der Waals surface area (Å²) in [6, 6.07) is 5.70. The molecular weight excluding hydrogens is 364 g/mol. The number of furan rings is 1. The second-order valence-corrected chi connectivity index (χ2v) is 6.56. The average molecular weight is 375 g/mol. The number of benzene rings is 1. The monoisotopic (exact) mass is 374 g/mol. The first-order valence-electron chi connectivity index (χ1n) is 5.64. The van der Waals surface area contributed by atoms with Crippen LogP contribution in [-0.2, 0) is 16.6 Å². The highest BCUT2D eigenvalue weighted by Crippen LogP contribution is 2.26. The minimum atomic E-state index is -3.76. The lowest BCUT2D eigenvalue weighted by atomic mass is 10.3. The van der Waals surface area contributed by atoms with Crippen molar-refractivity contribution >= 4 is 37.6 Å². The van der Waals surface area contributed by atoms with Gasteiger partial charge < -0.3 is 14.8 Å². The number of carboxylic acids is 1. The van der Waals surface area contributed by atoms with Gasteiger partial charge in [0.1, 0.15) is 12.0 Å². The van der Waals surface area contributed by atoms with E-state index in [0.717, 1.165) is 6.26 Å². The highest BCUT2D eigenvalue weighted by molar-refractivity contribution is 9.10. The van der Waals surface area contributed by atoms with Crippen LogP contribution in [0.15, 0.2) is 44.3 Å². The third-order valence-electron chi connectivity index (χ3n) is 2.62. The van der Waals surface area contributed by atoms with Gasteiger partial charge in [-0.3, -0.25) is 0 Å². The van der Waals surface area contributed by atoms with Crippen LogP contribution in [0.25, 0.3) is 0 Å². The molecule has 0 fully saturated rings. The van der Waals surface area contributed by atoms with Gasteiger partial charge in [-0.15, -0.1) is 0 Å². The SMILES string of the molecule is NS(=O)(=O)c1ccc(NCc2cc(C(=O)O)co2)c(Br)c1. The van der Waals surface area contributed by atoms with Crippen LogP contribution >= 0.6 is 15.9 Å². The summed E-state index contributed by atoms with van der Waals surface area (Å²) in [4.78, 5) is 10.7. The van der Waals surface area contributed by atoms with Crippen molar-refractivity contribution in [3.8, 4) is 0 Å². The van der Waals surface area contributed by atoms with E-state index in [4.69, 9.17) is 14.7 Å². The Morgan fingerprint density at radius 2 is 2.10 bits per heavy atom. The van der Waals surface area contributed by atoms with Crippen molar-refractivity contribution in [2.24, 2.45) is 5.14 Å². The van der Waals surface area contributed by atoms with Crippen molar-refractivity contribution in [3.63, 3.8) is 0 Å². The number of rotatable bonds is 5. The maximum absolute atomic E-state index is 11.2. The third-order valence-corrected chi connectivity index (χ3v) is 4.19. The van der Waals surface area contributed by atoms with E-state index in [1.165, 1.54) is 18.2 Å². The summed E-state index contributed by atoms with van der Waals surface area (Å²) in [6.45, 7) is 0.251. The molecule has 2 rings (SSSR count). The van der Waals surface area contributed by atoms with Crippen molar-refractivity contribution in [1.82, 2.24) is 0 Å². The zero-order chi connectivity index (χ0) is 15.6. The van der Waals surface area contributed by atoms with Gasteiger partial charge in [-0.1, -0.05) is 0 Å². The number of primary sulfonamides is 1. The molecule has 0 aliphatic heterocycles. The topological polar surface area (TPSA) is 123 Å². The van der Waals surface area contributed by atoms with E-state index in [1.54, 1.807) is 6.07 Å². The van der Waals surface area contributed by atoms with Crippen LogP contribution in [0.1, 0.15) is 16.1 Å². The first kappa shape index (κ1) is 15.5. The third kappa shape index (κ3) is 3.84. The Morgan fingerprint density at radius 3 is 2.62 bits per heavy atom. The summed E-state index contributed by atoms with van der Waals surface area (Å²) < 4.78 is 28.0. The second-order valence-electron chi connectivity index (χ2n) is 4.15. The van der Waals surface area contributed by atoms with Crippen LogP contribution in [0.5, 0.6) is 0 Å². The van der Waals surface area contributed by atoms with E-state index >= 15 is 0 Å². The largest absolute Gasteiger partial charge is 0.478 e. The molecule has 7 nitrogen and oxygen atoms in total. The van der Waals surface area contributed by atoms with E-state index < -0.39 is 16.0 Å². The van der Waals surface area contributed by atoms with Crippen molar-refractivity contribution in [1.29, 1.82) is 0 Å². The molecule has 4 N–H and O–H groups in total. The number of carboxylic acid groups (broad SMARTS) is 1. The second kappa shape index (κ2) is 5.88. The van der Waals surface area contributed by atoms with Crippen LogP contribution in [0.4, 0.5) is 5.69 Å². The van der Waals surface area contributed by atoms with Crippen LogP contribution < -0.4 is 10.5 Å². The van der Waals surface area contributed by atoms with Crippen LogP contribution in [0, 0.1) is 0 Å². The zero-order valence-corrected chi connectivity index (χ0v) is 12.9. The zero-order valence-electron chi connectivity index (χ0n) is 10.5. The average Bonchev–Trinajstić information content (AvgIpc) is 2.85. The Labute approximate surface area is 128 Å². The number of nitrogens with two attached hydrogens (primary N) is 1. The fourth-order valence-electron chi connectivity index (χ4n) is 1.58. The standard InChI is InChI=1S/C12H11BrN2O5S/c13-10-4-9(21(14,18)19)1-2-11(10)15-5-8-3-7(6-20-8)12(16)17/h1-4,6,15H,5H2,(H,16,17)(H2,14,18,19). The van der Waals surface area contributed by atoms with Crippen LogP contribution in [0.3, 0.4) is 0 Å². The first-order chi connectivity index (χ1) is 9.77. The van der Waals surface area contributed by atoms with Crippen LogP contribution in [-0.4, -0.2) is 19.5 Å². The van der Waals surface area contributed by atoms with Crippen LogP contribution in [0.2, 0.25) is 0 Å². The molecular formula is C12H11BrN2O5S. The number of halogens is 1. The summed E-state index contributed by atoms with van der Waals surface area (Å²) in [7, 11) is -3.76. The molecule has 1 aromatic carbocycles. The van der Waals surface area contributed by atoms with E-state index in [9.17, 15) is 13.2 Å². The van der Waals surface area contributed by atoms with Gasteiger partial charge in [0.15, 0.2) is 0 Å². The van der Waals surface area contributed by atoms with Gasteiger partial charge in [0, 0.05) is 10.2 Å². The number of anilines is 1. The maximum Gasteiger partial charge on any atom is 0.338 e. The molecule has 0 amide bonds. The van der Waals surface area contributed by atoms with Gasteiger partial charge in [-0.05, 0) is 40.2 Å². The van der Waals surface area contributed by atoms with Gasteiger partial charge in [-0.2, -0.15) is 0 Å². The highest BCUT2D eigenvalue weighted by atomic mass is 79.9. The number of hydrogen-bond donors (Lipinski definition) is 3. The number of nitrogens with one attached hydrogen (secondary N) is 1. The molecule has 21 heavy (non-hydrogen) atoms. The van der Waals surface area contributed by atoms with Crippen molar-refractivity contribution in [2.45, 2.75) is 11.4 Å². The summed E-state index contributed by atoms with van der Waals surface area (Å²) >= 11 is 3.23. The maximum atomic E-state index is 11.2. The van der Waals surface area contributed by atoms with Gasteiger partial charge >= 0.3 is 5.97 Å².